The highest BCUT2D eigenvalue weighted by atomic mass is 15.4. The van der Waals surface area contributed by atoms with Crippen molar-refractivity contribution >= 4 is 12.4 Å². The molecule has 0 saturated carbocycles. The van der Waals surface area contributed by atoms with Crippen LogP contribution >= 0.6 is 0 Å². The second-order valence-electron chi connectivity index (χ2n) is 1.52. The van der Waals surface area contributed by atoms with Crippen molar-refractivity contribution in [1.29, 1.82) is 0 Å². The summed E-state index contributed by atoms with van der Waals surface area (Å²) in [6, 6.07) is 0. The van der Waals surface area contributed by atoms with Crippen LogP contribution in [0.4, 0.5) is 0 Å². The summed E-state index contributed by atoms with van der Waals surface area (Å²) < 4.78 is 0. The maximum absolute atomic E-state index is 3.87. The minimum Gasteiger partial charge on any atom is -0.303 e. The first-order chi connectivity index (χ1) is 3.77. The third kappa shape index (κ3) is 5.14. The van der Waals surface area contributed by atoms with E-state index in [1.807, 2.05) is 14.1 Å². The summed E-state index contributed by atoms with van der Waals surface area (Å²) in [7, 11) is 5.43. The van der Waals surface area contributed by atoms with Crippen LogP contribution in [0.3, 0.4) is 0 Å². The quantitative estimate of drug-likeness (QED) is 0.372. The fourth-order valence-electron chi connectivity index (χ4n) is 0.230. The SMILES string of the molecule is CN=C/C=N\N(C)C. The van der Waals surface area contributed by atoms with Crippen molar-refractivity contribution < 1.29 is 0 Å². The van der Waals surface area contributed by atoms with Crippen molar-refractivity contribution in [2.24, 2.45) is 10.1 Å². The summed E-state index contributed by atoms with van der Waals surface area (Å²) in [5.41, 5.74) is 0. The van der Waals surface area contributed by atoms with Crippen LogP contribution in [-0.2, 0) is 0 Å². The average molecular weight is 113 g/mol. The number of hydrogen-bond acceptors (Lipinski definition) is 3. The fourth-order valence-corrected chi connectivity index (χ4v) is 0.230. The van der Waals surface area contributed by atoms with E-state index in [4.69, 9.17) is 0 Å². The van der Waals surface area contributed by atoms with Crippen LogP contribution in [-0.4, -0.2) is 38.6 Å². The van der Waals surface area contributed by atoms with Gasteiger partial charge in [0.2, 0.25) is 0 Å². The number of rotatable bonds is 2. The molecular weight excluding hydrogens is 102 g/mol. The molecular formula is C5H11N3. The van der Waals surface area contributed by atoms with E-state index in [0.29, 0.717) is 0 Å². The molecule has 0 atom stereocenters. The predicted octanol–water partition coefficient (Wildman–Crippen LogP) is 0.234. The third-order valence-electron chi connectivity index (χ3n) is 0.513. The fraction of sp³-hybridized carbons (Fsp3) is 0.600. The molecule has 3 nitrogen and oxygen atoms in total. The van der Waals surface area contributed by atoms with Gasteiger partial charge in [0.05, 0.1) is 6.21 Å². The van der Waals surface area contributed by atoms with Gasteiger partial charge in [0.1, 0.15) is 0 Å². The first kappa shape index (κ1) is 7.14. The van der Waals surface area contributed by atoms with Gasteiger partial charge in [0.15, 0.2) is 0 Å². The molecule has 0 aliphatic carbocycles. The Kier molecular flexibility index (Phi) is 3.84. The van der Waals surface area contributed by atoms with Crippen LogP contribution in [0.15, 0.2) is 10.1 Å². The van der Waals surface area contributed by atoms with E-state index in [1.165, 1.54) is 0 Å². The van der Waals surface area contributed by atoms with Gasteiger partial charge in [-0.15, -0.1) is 0 Å². The number of nitrogens with zero attached hydrogens (tertiary/aromatic N) is 3. The Morgan fingerprint density at radius 1 is 1.25 bits per heavy atom. The molecule has 8 heavy (non-hydrogen) atoms. The first-order valence-corrected chi connectivity index (χ1v) is 2.39. The zero-order chi connectivity index (χ0) is 6.41. The topological polar surface area (TPSA) is 28.0 Å². The highest BCUT2D eigenvalue weighted by molar-refractivity contribution is 6.15. The maximum atomic E-state index is 3.87. The molecule has 0 bridgehead atoms. The lowest BCUT2D eigenvalue weighted by atomic mass is 10.8. The molecule has 0 heterocycles. The second-order valence-corrected chi connectivity index (χ2v) is 1.52. The molecule has 0 unspecified atom stereocenters. The Labute approximate surface area is 49.7 Å². The Bertz CT molecular complexity index is 93.8. The summed E-state index contributed by atoms with van der Waals surface area (Å²) >= 11 is 0. The first-order valence-electron chi connectivity index (χ1n) is 2.39. The van der Waals surface area contributed by atoms with Crippen LogP contribution < -0.4 is 0 Å². The van der Waals surface area contributed by atoms with Gasteiger partial charge in [0.25, 0.3) is 0 Å². The van der Waals surface area contributed by atoms with Crippen molar-refractivity contribution in [1.82, 2.24) is 5.01 Å². The second kappa shape index (κ2) is 4.30. The number of hydrogen-bond donors (Lipinski definition) is 0. The Morgan fingerprint density at radius 2 is 1.88 bits per heavy atom. The van der Waals surface area contributed by atoms with Crippen LogP contribution in [0.1, 0.15) is 0 Å². The van der Waals surface area contributed by atoms with E-state index in [9.17, 15) is 0 Å². The van der Waals surface area contributed by atoms with Crippen molar-refractivity contribution in [2.45, 2.75) is 0 Å². The normalized spacial score (nSPS) is 11.4. The molecule has 0 aliphatic heterocycles. The highest BCUT2D eigenvalue weighted by Crippen LogP contribution is 1.67. The molecule has 0 fully saturated rings. The number of hydrazone groups is 1. The zero-order valence-corrected chi connectivity index (χ0v) is 5.50. The standard InChI is InChI=1S/C5H11N3/c1-6-4-5-7-8(2)3/h4-5H,1-3H3/b6-4?,7-5-. The van der Waals surface area contributed by atoms with Crippen LogP contribution in [0.25, 0.3) is 0 Å². The third-order valence-corrected chi connectivity index (χ3v) is 0.513. The van der Waals surface area contributed by atoms with Crippen molar-refractivity contribution in [3.05, 3.63) is 0 Å². The van der Waals surface area contributed by atoms with Crippen molar-refractivity contribution in [2.75, 3.05) is 21.1 Å². The minimum atomic E-state index is 1.64. The van der Waals surface area contributed by atoms with E-state index in [2.05, 4.69) is 10.1 Å². The van der Waals surface area contributed by atoms with Crippen LogP contribution in [0, 0.1) is 0 Å². The molecule has 46 valence electrons. The van der Waals surface area contributed by atoms with Gasteiger partial charge in [0, 0.05) is 27.4 Å². The molecule has 0 saturated heterocycles. The summed E-state index contributed by atoms with van der Waals surface area (Å²) in [4.78, 5) is 3.71. The maximum Gasteiger partial charge on any atom is 0.0648 e. The van der Waals surface area contributed by atoms with Crippen molar-refractivity contribution in [3.63, 3.8) is 0 Å². The van der Waals surface area contributed by atoms with E-state index >= 15 is 0 Å². The van der Waals surface area contributed by atoms with Gasteiger partial charge in [-0.1, -0.05) is 0 Å². The average Bonchev–Trinajstić information content (AvgIpc) is 1.66. The monoisotopic (exact) mass is 113 g/mol. The molecule has 0 aromatic rings. The molecule has 0 amide bonds. The Balaban J connectivity index is 3.34. The lowest BCUT2D eigenvalue weighted by Gasteiger charge is -1.99. The lowest BCUT2D eigenvalue weighted by Crippen LogP contribution is -2.01. The van der Waals surface area contributed by atoms with Crippen LogP contribution in [0.5, 0.6) is 0 Å². The van der Waals surface area contributed by atoms with E-state index < -0.39 is 0 Å². The molecule has 0 aliphatic rings. The molecule has 0 N–H and O–H groups in total. The highest BCUT2D eigenvalue weighted by Gasteiger charge is 1.69. The number of aliphatic imine (C=N–C) groups is 1. The molecule has 0 spiro atoms. The van der Waals surface area contributed by atoms with Gasteiger partial charge < -0.3 is 5.01 Å². The Morgan fingerprint density at radius 3 is 2.25 bits per heavy atom. The van der Waals surface area contributed by atoms with E-state index in [0.717, 1.165) is 0 Å². The molecule has 0 rings (SSSR count). The van der Waals surface area contributed by atoms with E-state index in [1.54, 1.807) is 24.5 Å². The smallest absolute Gasteiger partial charge is 0.0648 e. The summed E-state index contributed by atoms with van der Waals surface area (Å²) in [5, 5.41) is 5.58. The van der Waals surface area contributed by atoms with Crippen molar-refractivity contribution in [3.8, 4) is 0 Å². The summed E-state index contributed by atoms with van der Waals surface area (Å²) in [5.74, 6) is 0. The van der Waals surface area contributed by atoms with Gasteiger partial charge in [-0.05, 0) is 0 Å². The Hall–Kier alpha value is -0.860. The molecule has 0 aromatic carbocycles. The van der Waals surface area contributed by atoms with Gasteiger partial charge in [-0.3, -0.25) is 4.99 Å². The molecule has 0 radical (unpaired) electrons. The largest absolute Gasteiger partial charge is 0.303 e. The van der Waals surface area contributed by atoms with E-state index in [-0.39, 0.29) is 0 Å². The predicted molar refractivity (Wildman–Crippen MR) is 36.6 cm³/mol. The van der Waals surface area contributed by atoms with Gasteiger partial charge in [-0.25, -0.2) is 0 Å². The summed E-state index contributed by atoms with van der Waals surface area (Å²) in [6.45, 7) is 0. The molecule has 0 aromatic heterocycles. The summed E-state index contributed by atoms with van der Waals surface area (Å²) in [6.07, 6.45) is 3.28. The molecule has 3 heteroatoms. The van der Waals surface area contributed by atoms with Crippen LogP contribution in [0.2, 0.25) is 0 Å². The van der Waals surface area contributed by atoms with Gasteiger partial charge in [-0.2, -0.15) is 5.10 Å². The minimum absolute atomic E-state index is 1.64. The van der Waals surface area contributed by atoms with Gasteiger partial charge >= 0.3 is 0 Å². The lowest BCUT2D eigenvalue weighted by molar-refractivity contribution is 0.441. The zero-order valence-electron chi connectivity index (χ0n) is 5.50.